The van der Waals surface area contributed by atoms with Gasteiger partial charge in [-0.05, 0) is 35.9 Å². The number of hydrogen-bond donors (Lipinski definition) is 2. The van der Waals surface area contributed by atoms with E-state index in [1.165, 1.54) is 0 Å². The molecule has 134 valence electrons. The summed E-state index contributed by atoms with van der Waals surface area (Å²) >= 11 is 5.85. The normalized spacial score (nSPS) is 11.7. The fourth-order valence-electron chi connectivity index (χ4n) is 2.54. The Bertz CT molecular complexity index is 704. The van der Waals surface area contributed by atoms with Crippen molar-refractivity contribution in [2.24, 2.45) is 0 Å². The van der Waals surface area contributed by atoms with E-state index in [9.17, 15) is 4.79 Å². The molecule has 0 aliphatic carbocycles. The van der Waals surface area contributed by atoms with Crippen LogP contribution in [-0.2, 0) is 17.9 Å². The Morgan fingerprint density at radius 2 is 1.68 bits per heavy atom. The molecular formula is C19H24ClN2O3+. The largest absolute Gasteiger partial charge is 0.493 e. The maximum Gasteiger partial charge on any atom is 0.275 e. The molecule has 2 aromatic carbocycles. The van der Waals surface area contributed by atoms with Crippen molar-refractivity contribution < 1.29 is 19.2 Å². The van der Waals surface area contributed by atoms with Crippen LogP contribution in [0, 0.1) is 0 Å². The molecule has 1 unspecified atom stereocenters. The van der Waals surface area contributed by atoms with E-state index in [-0.39, 0.29) is 5.91 Å². The number of quaternary nitrogens is 1. The van der Waals surface area contributed by atoms with Crippen molar-refractivity contribution in [3.05, 3.63) is 58.6 Å². The molecule has 2 rings (SSSR count). The molecule has 0 saturated carbocycles. The number of nitrogens with one attached hydrogen (secondary N) is 2. The second-order valence-electron chi connectivity index (χ2n) is 5.90. The summed E-state index contributed by atoms with van der Waals surface area (Å²) in [5.74, 6) is 1.40. The number of carbonyl (C=O) groups is 1. The molecule has 0 aromatic heterocycles. The van der Waals surface area contributed by atoms with Gasteiger partial charge in [-0.25, -0.2) is 0 Å². The SMILES string of the molecule is COc1ccc(C[NH+](C)CC(=O)NCc2ccc(Cl)cc2)cc1OC. The number of amides is 1. The zero-order chi connectivity index (χ0) is 18.2. The van der Waals surface area contributed by atoms with Gasteiger partial charge in [0.25, 0.3) is 5.91 Å². The third kappa shape index (κ3) is 5.96. The van der Waals surface area contributed by atoms with Crippen molar-refractivity contribution in [2.75, 3.05) is 27.8 Å². The van der Waals surface area contributed by atoms with Gasteiger partial charge in [0.05, 0.1) is 21.3 Å². The molecule has 1 atom stereocenters. The van der Waals surface area contributed by atoms with Crippen LogP contribution in [0.4, 0.5) is 0 Å². The lowest BCUT2D eigenvalue weighted by molar-refractivity contribution is -0.885. The van der Waals surface area contributed by atoms with E-state index in [0.29, 0.717) is 36.2 Å². The fraction of sp³-hybridized carbons (Fsp3) is 0.316. The standard InChI is InChI=1S/C19H23ClN2O3/c1-22(12-15-6-9-17(24-2)18(10-15)25-3)13-19(23)21-11-14-4-7-16(20)8-5-14/h4-10H,11-13H2,1-3H3,(H,21,23)/p+1. The zero-order valence-electron chi connectivity index (χ0n) is 14.8. The van der Waals surface area contributed by atoms with Crippen molar-refractivity contribution in [3.63, 3.8) is 0 Å². The lowest BCUT2D eigenvalue weighted by atomic mass is 10.2. The quantitative estimate of drug-likeness (QED) is 0.750. The highest BCUT2D eigenvalue weighted by atomic mass is 35.5. The maximum absolute atomic E-state index is 12.1. The van der Waals surface area contributed by atoms with Crippen LogP contribution in [0.2, 0.25) is 5.02 Å². The highest BCUT2D eigenvalue weighted by molar-refractivity contribution is 6.30. The monoisotopic (exact) mass is 363 g/mol. The van der Waals surface area contributed by atoms with E-state index >= 15 is 0 Å². The van der Waals surface area contributed by atoms with Gasteiger partial charge in [-0.3, -0.25) is 4.79 Å². The van der Waals surface area contributed by atoms with Gasteiger partial charge in [0.1, 0.15) is 6.54 Å². The second kappa shape index (κ2) is 9.30. The van der Waals surface area contributed by atoms with Crippen LogP contribution >= 0.6 is 11.6 Å². The van der Waals surface area contributed by atoms with Gasteiger partial charge in [0.2, 0.25) is 0 Å². The van der Waals surface area contributed by atoms with Gasteiger partial charge in [-0.15, -0.1) is 0 Å². The van der Waals surface area contributed by atoms with Crippen molar-refractivity contribution in [1.82, 2.24) is 5.32 Å². The summed E-state index contributed by atoms with van der Waals surface area (Å²) in [6, 6.07) is 13.2. The van der Waals surface area contributed by atoms with E-state index < -0.39 is 0 Å². The van der Waals surface area contributed by atoms with Crippen LogP contribution in [-0.4, -0.2) is 33.7 Å². The molecule has 0 spiro atoms. The number of rotatable bonds is 8. The number of ether oxygens (including phenoxy) is 2. The molecule has 5 nitrogen and oxygen atoms in total. The minimum absolute atomic E-state index is 0.00734. The Morgan fingerprint density at radius 3 is 2.32 bits per heavy atom. The summed E-state index contributed by atoms with van der Waals surface area (Å²) in [6.07, 6.45) is 0. The van der Waals surface area contributed by atoms with Crippen LogP contribution in [0.1, 0.15) is 11.1 Å². The number of hydrogen-bond acceptors (Lipinski definition) is 3. The summed E-state index contributed by atoms with van der Waals surface area (Å²) in [7, 11) is 5.21. The smallest absolute Gasteiger partial charge is 0.275 e. The highest BCUT2D eigenvalue weighted by Gasteiger charge is 2.12. The van der Waals surface area contributed by atoms with Gasteiger partial charge >= 0.3 is 0 Å². The first kappa shape index (κ1) is 19.1. The molecule has 0 radical (unpaired) electrons. The van der Waals surface area contributed by atoms with Crippen LogP contribution in [0.25, 0.3) is 0 Å². The van der Waals surface area contributed by atoms with Crippen molar-refractivity contribution >= 4 is 17.5 Å². The van der Waals surface area contributed by atoms with Gasteiger partial charge in [0, 0.05) is 17.1 Å². The van der Waals surface area contributed by atoms with E-state index in [1.54, 1.807) is 14.2 Å². The summed E-state index contributed by atoms with van der Waals surface area (Å²) < 4.78 is 10.6. The Balaban J connectivity index is 1.83. The molecule has 1 amide bonds. The average Bonchev–Trinajstić information content (AvgIpc) is 2.61. The predicted octanol–water partition coefficient (Wildman–Crippen LogP) is 1.69. The first-order valence-corrected chi connectivity index (χ1v) is 8.43. The summed E-state index contributed by atoms with van der Waals surface area (Å²) in [6.45, 7) is 1.61. The third-order valence-electron chi connectivity index (χ3n) is 3.82. The lowest BCUT2D eigenvalue weighted by Crippen LogP contribution is -3.08. The van der Waals surface area contributed by atoms with Crippen LogP contribution < -0.4 is 19.7 Å². The van der Waals surface area contributed by atoms with Gasteiger partial charge in [-0.1, -0.05) is 23.7 Å². The van der Waals surface area contributed by atoms with Gasteiger partial charge in [-0.2, -0.15) is 0 Å². The molecule has 2 N–H and O–H groups in total. The second-order valence-corrected chi connectivity index (χ2v) is 6.34. The molecule has 6 heteroatoms. The molecule has 2 aromatic rings. The average molecular weight is 364 g/mol. The minimum atomic E-state index is 0.00734. The minimum Gasteiger partial charge on any atom is -0.493 e. The Labute approximate surface area is 153 Å². The number of likely N-dealkylation sites (N-methyl/N-ethyl adjacent to an activating group) is 1. The first-order chi connectivity index (χ1) is 12.0. The fourth-order valence-corrected chi connectivity index (χ4v) is 2.67. The van der Waals surface area contributed by atoms with Crippen LogP contribution in [0.5, 0.6) is 11.5 Å². The third-order valence-corrected chi connectivity index (χ3v) is 4.07. The zero-order valence-corrected chi connectivity index (χ0v) is 15.5. The lowest BCUT2D eigenvalue weighted by Gasteiger charge is -2.15. The van der Waals surface area contributed by atoms with E-state index in [4.69, 9.17) is 21.1 Å². The maximum atomic E-state index is 12.1. The van der Waals surface area contributed by atoms with E-state index in [0.717, 1.165) is 16.0 Å². The van der Waals surface area contributed by atoms with E-state index in [2.05, 4.69) is 5.32 Å². The summed E-state index contributed by atoms with van der Waals surface area (Å²) in [4.78, 5) is 13.2. The summed E-state index contributed by atoms with van der Waals surface area (Å²) in [5, 5.41) is 3.62. The molecule has 0 heterocycles. The van der Waals surface area contributed by atoms with Crippen LogP contribution in [0.15, 0.2) is 42.5 Å². The van der Waals surface area contributed by atoms with Crippen LogP contribution in [0.3, 0.4) is 0 Å². The highest BCUT2D eigenvalue weighted by Crippen LogP contribution is 2.27. The topological polar surface area (TPSA) is 52.0 Å². The molecule has 25 heavy (non-hydrogen) atoms. The molecular weight excluding hydrogens is 340 g/mol. The predicted molar refractivity (Wildman–Crippen MR) is 98.3 cm³/mol. The molecule has 0 aliphatic heterocycles. The van der Waals surface area contributed by atoms with Gasteiger partial charge < -0.3 is 19.7 Å². The number of carbonyl (C=O) groups excluding carboxylic acids is 1. The molecule has 0 saturated heterocycles. The van der Waals surface area contributed by atoms with Crippen molar-refractivity contribution in [3.8, 4) is 11.5 Å². The Hall–Kier alpha value is -2.24. The molecule has 0 bridgehead atoms. The Morgan fingerprint density at radius 1 is 1.04 bits per heavy atom. The number of halogens is 1. The van der Waals surface area contributed by atoms with Crippen molar-refractivity contribution in [1.29, 1.82) is 0 Å². The molecule has 0 fully saturated rings. The van der Waals surface area contributed by atoms with Crippen molar-refractivity contribution in [2.45, 2.75) is 13.1 Å². The molecule has 0 aliphatic rings. The van der Waals surface area contributed by atoms with Gasteiger partial charge in [0.15, 0.2) is 18.0 Å². The number of methoxy groups -OCH3 is 2. The first-order valence-electron chi connectivity index (χ1n) is 8.05. The Kier molecular flexibility index (Phi) is 7.10. The summed E-state index contributed by atoms with van der Waals surface area (Å²) in [5.41, 5.74) is 2.11. The van der Waals surface area contributed by atoms with E-state index in [1.807, 2.05) is 49.5 Å². The number of benzene rings is 2.